The van der Waals surface area contributed by atoms with Crippen molar-refractivity contribution in [3.63, 3.8) is 0 Å². The molecule has 0 aromatic heterocycles. The predicted molar refractivity (Wildman–Crippen MR) is 65.8 cm³/mol. The fraction of sp³-hybridized carbons (Fsp3) is 0.500. The number of rotatable bonds is 6. The van der Waals surface area contributed by atoms with E-state index < -0.39 is 0 Å². The molecule has 15 heavy (non-hydrogen) atoms. The molecule has 1 atom stereocenters. The molecule has 0 bridgehead atoms. The largest absolute Gasteiger partial charge is 0.383 e. The predicted octanol–water partition coefficient (Wildman–Crippen LogP) is 2.91. The van der Waals surface area contributed by atoms with Crippen LogP contribution in [0.15, 0.2) is 24.3 Å². The minimum absolute atomic E-state index is 0.328. The van der Waals surface area contributed by atoms with E-state index >= 15 is 0 Å². The fourth-order valence-corrected chi connectivity index (χ4v) is 1.67. The Hall–Kier alpha value is -0.730. The van der Waals surface area contributed by atoms with E-state index in [1.54, 1.807) is 7.11 Å². The number of aryl methyl sites for hydroxylation is 1. The molecule has 0 amide bonds. The zero-order chi connectivity index (χ0) is 11.1. The molecule has 1 aromatic carbocycles. The van der Waals surface area contributed by atoms with Crippen molar-refractivity contribution in [3.8, 4) is 0 Å². The minimum Gasteiger partial charge on any atom is -0.383 e. The van der Waals surface area contributed by atoms with Crippen molar-refractivity contribution in [2.45, 2.75) is 19.4 Å². The average molecular weight is 228 g/mol. The van der Waals surface area contributed by atoms with Crippen LogP contribution in [-0.2, 0) is 11.2 Å². The molecule has 3 heteroatoms. The summed E-state index contributed by atoms with van der Waals surface area (Å²) in [6.45, 7) is 2.81. The summed E-state index contributed by atoms with van der Waals surface area (Å²) in [6.07, 6.45) is 0.926. The molecule has 0 heterocycles. The van der Waals surface area contributed by atoms with Gasteiger partial charge in [-0.05, 0) is 31.0 Å². The van der Waals surface area contributed by atoms with Crippen LogP contribution in [-0.4, -0.2) is 25.6 Å². The van der Waals surface area contributed by atoms with Crippen LogP contribution in [0.4, 0.5) is 5.69 Å². The smallest absolute Gasteiger partial charge is 0.0661 e. The first-order chi connectivity index (χ1) is 7.26. The second-order valence-electron chi connectivity index (χ2n) is 3.64. The third kappa shape index (κ3) is 4.54. The average Bonchev–Trinajstić information content (AvgIpc) is 2.22. The molecule has 1 rings (SSSR count). The van der Waals surface area contributed by atoms with E-state index in [0.717, 1.165) is 12.1 Å². The van der Waals surface area contributed by atoms with Crippen LogP contribution in [0.1, 0.15) is 12.5 Å². The number of benzene rings is 1. The third-order valence-electron chi connectivity index (χ3n) is 2.17. The van der Waals surface area contributed by atoms with Crippen molar-refractivity contribution in [3.05, 3.63) is 29.8 Å². The molecule has 2 nitrogen and oxygen atoms in total. The number of alkyl halides is 1. The van der Waals surface area contributed by atoms with Gasteiger partial charge in [-0.2, -0.15) is 0 Å². The lowest BCUT2D eigenvalue weighted by atomic mass is 10.1. The number of ether oxygens (including phenoxy) is 1. The van der Waals surface area contributed by atoms with E-state index in [2.05, 4.69) is 36.5 Å². The number of halogens is 1. The van der Waals surface area contributed by atoms with Crippen LogP contribution < -0.4 is 5.32 Å². The normalized spacial score (nSPS) is 12.5. The van der Waals surface area contributed by atoms with Gasteiger partial charge in [0.25, 0.3) is 0 Å². The molecule has 0 aliphatic carbocycles. The molecule has 0 fully saturated rings. The molecule has 0 saturated carbocycles. The Morgan fingerprint density at radius 3 is 2.53 bits per heavy atom. The van der Waals surface area contributed by atoms with Gasteiger partial charge in [0.2, 0.25) is 0 Å². The highest BCUT2D eigenvalue weighted by Gasteiger charge is 2.00. The van der Waals surface area contributed by atoms with Crippen molar-refractivity contribution in [1.82, 2.24) is 0 Å². The van der Waals surface area contributed by atoms with E-state index in [1.807, 2.05) is 0 Å². The van der Waals surface area contributed by atoms with Gasteiger partial charge in [0, 0.05) is 24.7 Å². The Morgan fingerprint density at radius 2 is 2.00 bits per heavy atom. The zero-order valence-corrected chi connectivity index (χ0v) is 10.1. The maximum atomic E-state index is 5.67. The Bertz CT molecular complexity index is 273. The molecule has 0 spiro atoms. The van der Waals surface area contributed by atoms with Gasteiger partial charge in [0.1, 0.15) is 0 Å². The first-order valence-electron chi connectivity index (χ1n) is 5.16. The summed E-state index contributed by atoms with van der Waals surface area (Å²) in [4.78, 5) is 0. The van der Waals surface area contributed by atoms with Gasteiger partial charge >= 0.3 is 0 Å². The van der Waals surface area contributed by atoms with E-state index in [-0.39, 0.29) is 0 Å². The van der Waals surface area contributed by atoms with Crippen LogP contribution in [0.25, 0.3) is 0 Å². The van der Waals surface area contributed by atoms with Crippen molar-refractivity contribution in [1.29, 1.82) is 0 Å². The highest BCUT2D eigenvalue weighted by molar-refractivity contribution is 6.17. The van der Waals surface area contributed by atoms with Crippen LogP contribution in [0.5, 0.6) is 0 Å². The monoisotopic (exact) mass is 227 g/mol. The summed E-state index contributed by atoms with van der Waals surface area (Å²) in [7, 11) is 1.71. The first-order valence-corrected chi connectivity index (χ1v) is 5.70. The SMILES string of the molecule is COCC(C)Nc1ccc(CCCl)cc1. The Kier molecular flexibility index (Phi) is 5.51. The highest BCUT2D eigenvalue weighted by Crippen LogP contribution is 2.11. The van der Waals surface area contributed by atoms with Crippen molar-refractivity contribution in [2.75, 3.05) is 24.9 Å². The Balaban J connectivity index is 2.48. The van der Waals surface area contributed by atoms with Gasteiger partial charge in [-0.15, -0.1) is 11.6 Å². The topological polar surface area (TPSA) is 21.3 Å². The molecular formula is C12H18ClNO. The number of methoxy groups -OCH3 is 1. The lowest BCUT2D eigenvalue weighted by molar-refractivity contribution is 0.190. The van der Waals surface area contributed by atoms with Crippen LogP contribution >= 0.6 is 11.6 Å². The molecule has 1 unspecified atom stereocenters. The quantitative estimate of drug-likeness (QED) is 0.755. The van der Waals surface area contributed by atoms with Crippen LogP contribution in [0.3, 0.4) is 0 Å². The Morgan fingerprint density at radius 1 is 1.33 bits per heavy atom. The highest BCUT2D eigenvalue weighted by atomic mass is 35.5. The van der Waals surface area contributed by atoms with Gasteiger partial charge in [-0.25, -0.2) is 0 Å². The van der Waals surface area contributed by atoms with Gasteiger partial charge in [-0.3, -0.25) is 0 Å². The van der Waals surface area contributed by atoms with E-state index in [0.29, 0.717) is 18.5 Å². The molecule has 0 radical (unpaired) electrons. The molecule has 0 aliphatic rings. The molecular weight excluding hydrogens is 210 g/mol. The summed E-state index contributed by atoms with van der Waals surface area (Å²) in [6, 6.07) is 8.69. The van der Waals surface area contributed by atoms with E-state index in [1.165, 1.54) is 5.56 Å². The molecule has 0 aliphatic heterocycles. The summed E-state index contributed by atoms with van der Waals surface area (Å²) in [5, 5.41) is 3.35. The first kappa shape index (κ1) is 12.3. The summed E-state index contributed by atoms with van der Waals surface area (Å²) >= 11 is 5.67. The summed E-state index contributed by atoms with van der Waals surface area (Å²) in [5.41, 5.74) is 2.40. The van der Waals surface area contributed by atoms with Crippen molar-refractivity contribution < 1.29 is 4.74 Å². The van der Waals surface area contributed by atoms with Gasteiger partial charge in [0.15, 0.2) is 0 Å². The fourth-order valence-electron chi connectivity index (χ4n) is 1.45. The van der Waals surface area contributed by atoms with Crippen LogP contribution in [0.2, 0.25) is 0 Å². The van der Waals surface area contributed by atoms with Crippen LogP contribution in [0, 0.1) is 0 Å². The van der Waals surface area contributed by atoms with E-state index in [9.17, 15) is 0 Å². The molecule has 1 N–H and O–H groups in total. The maximum Gasteiger partial charge on any atom is 0.0661 e. The lowest BCUT2D eigenvalue weighted by Crippen LogP contribution is -2.20. The van der Waals surface area contributed by atoms with E-state index in [4.69, 9.17) is 16.3 Å². The molecule has 1 aromatic rings. The third-order valence-corrected chi connectivity index (χ3v) is 2.36. The number of nitrogens with one attached hydrogen (secondary N) is 1. The standard InChI is InChI=1S/C12H18ClNO/c1-10(9-15-2)14-12-5-3-11(4-6-12)7-8-13/h3-6,10,14H,7-9H2,1-2H3. The summed E-state index contributed by atoms with van der Waals surface area (Å²) < 4.78 is 5.06. The molecule has 84 valence electrons. The zero-order valence-electron chi connectivity index (χ0n) is 9.29. The minimum atomic E-state index is 0.328. The Labute approximate surface area is 96.6 Å². The van der Waals surface area contributed by atoms with Gasteiger partial charge in [0.05, 0.1) is 6.61 Å². The number of hydrogen-bond donors (Lipinski definition) is 1. The van der Waals surface area contributed by atoms with Gasteiger partial charge < -0.3 is 10.1 Å². The second kappa shape index (κ2) is 6.70. The summed E-state index contributed by atoms with van der Waals surface area (Å²) in [5.74, 6) is 0.673. The molecule has 0 saturated heterocycles. The lowest BCUT2D eigenvalue weighted by Gasteiger charge is -2.14. The number of hydrogen-bond acceptors (Lipinski definition) is 2. The van der Waals surface area contributed by atoms with Gasteiger partial charge in [-0.1, -0.05) is 12.1 Å². The second-order valence-corrected chi connectivity index (χ2v) is 4.01. The maximum absolute atomic E-state index is 5.67. The van der Waals surface area contributed by atoms with Crippen molar-refractivity contribution in [2.24, 2.45) is 0 Å². The van der Waals surface area contributed by atoms with Crippen molar-refractivity contribution >= 4 is 17.3 Å². The number of anilines is 1.